The van der Waals surface area contributed by atoms with E-state index in [0.717, 1.165) is 18.7 Å². The second-order valence-electron chi connectivity index (χ2n) is 3.87. The quantitative estimate of drug-likeness (QED) is 0.800. The molecule has 0 saturated carbocycles. The van der Waals surface area contributed by atoms with Gasteiger partial charge in [0.2, 0.25) is 0 Å². The molecular formula is C12H20N2O2. The van der Waals surface area contributed by atoms with Crippen LogP contribution >= 0.6 is 0 Å². The lowest BCUT2D eigenvalue weighted by atomic mass is 10.2. The highest BCUT2D eigenvalue weighted by molar-refractivity contribution is 5.41. The molecule has 0 spiro atoms. The third kappa shape index (κ3) is 3.70. The van der Waals surface area contributed by atoms with Gasteiger partial charge in [-0.3, -0.25) is 4.79 Å². The van der Waals surface area contributed by atoms with Crippen LogP contribution in [0.2, 0.25) is 0 Å². The lowest BCUT2D eigenvalue weighted by Gasteiger charge is -2.15. The van der Waals surface area contributed by atoms with Gasteiger partial charge in [0.05, 0.1) is 5.69 Å². The summed E-state index contributed by atoms with van der Waals surface area (Å²) in [5.41, 5.74) is 1.02. The third-order valence-corrected chi connectivity index (χ3v) is 2.49. The lowest BCUT2D eigenvalue weighted by molar-refractivity contribution is 0.191. The monoisotopic (exact) mass is 224 g/mol. The van der Waals surface area contributed by atoms with Crippen LogP contribution in [0.1, 0.15) is 20.3 Å². The molecule has 16 heavy (non-hydrogen) atoms. The molecule has 1 aromatic rings. The van der Waals surface area contributed by atoms with Gasteiger partial charge < -0.3 is 14.6 Å². The Kier molecular flexibility index (Phi) is 5.05. The molecular weight excluding hydrogens is 204 g/mol. The molecule has 0 bridgehead atoms. The Morgan fingerprint density at radius 1 is 1.50 bits per heavy atom. The largest absolute Gasteiger partial charge is 0.385 e. The van der Waals surface area contributed by atoms with Crippen LogP contribution in [-0.4, -0.2) is 24.3 Å². The Labute approximate surface area is 96.2 Å². The molecule has 1 unspecified atom stereocenters. The van der Waals surface area contributed by atoms with Crippen LogP contribution < -0.4 is 10.9 Å². The molecule has 1 aromatic heterocycles. The fraction of sp³-hybridized carbons (Fsp3) is 0.583. The minimum absolute atomic E-state index is 0.0394. The summed E-state index contributed by atoms with van der Waals surface area (Å²) in [7, 11) is 1.70. The number of methoxy groups -OCH3 is 1. The molecule has 1 N–H and O–H groups in total. The summed E-state index contributed by atoms with van der Waals surface area (Å²) in [4.78, 5) is 11.4. The van der Waals surface area contributed by atoms with Crippen molar-refractivity contribution in [1.29, 1.82) is 0 Å². The maximum atomic E-state index is 11.4. The van der Waals surface area contributed by atoms with Gasteiger partial charge in [0, 0.05) is 38.6 Å². The van der Waals surface area contributed by atoms with E-state index in [9.17, 15) is 4.79 Å². The molecule has 1 rings (SSSR count). The van der Waals surface area contributed by atoms with E-state index in [2.05, 4.69) is 12.2 Å². The molecule has 0 aliphatic rings. The van der Waals surface area contributed by atoms with Crippen LogP contribution in [-0.2, 0) is 11.3 Å². The second-order valence-corrected chi connectivity index (χ2v) is 3.87. The predicted octanol–water partition coefficient (Wildman–Crippen LogP) is 1.71. The first-order valence-electron chi connectivity index (χ1n) is 5.63. The van der Waals surface area contributed by atoms with Crippen LogP contribution in [0.3, 0.4) is 0 Å². The average Bonchev–Trinajstić information content (AvgIpc) is 2.29. The third-order valence-electron chi connectivity index (χ3n) is 2.49. The van der Waals surface area contributed by atoms with Crippen molar-refractivity contribution < 1.29 is 4.74 Å². The van der Waals surface area contributed by atoms with E-state index in [1.165, 1.54) is 0 Å². The smallest absolute Gasteiger partial charge is 0.250 e. The molecule has 1 atom stereocenters. The number of aromatic nitrogens is 1. The van der Waals surface area contributed by atoms with Gasteiger partial charge in [-0.15, -0.1) is 0 Å². The van der Waals surface area contributed by atoms with Gasteiger partial charge in [0.1, 0.15) is 0 Å². The van der Waals surface area contributed by atoms with Crippen LogP contribution in [0.15, 0.2) is 23.1 Å². The SMILES string of the molecule is CCn1cc(NC(C)CCOC)ccc1=O. The predicted molar refractivity (Wildman–Crippen MR) is 66.0 cm³/mol. The van der Waals surface area contributed by atoms with E-state index in [4.69, 9.17) is 4.74 Å². The summed E-state index contributed by atoms with van der Waals surface area (Å²) in [6.07, 6.45) is 2.80. The molecule has 4 heteroatoms. The summed E-state index contributed by atoms with van der Waals surface area (Å²) < 4.78 is 6.70. The summed E-state index contributed by atoms with van der Waals surface area (Å²) in [6, 6.07) is 3.75. The Balaban J connectivity index is 2.63. The maximum absolute atomic E-state index is 11.4. The van der Waals surface area contributed by atoms with Crippen molar-refractivity contribution in [2.75, 3.05) is 19.0 Å². The van der Waals surface area contributed by atoms with Crippen molar-refractivity contribution in [3.05, 3.63) is 28.7 Å². The number of nitrogens with one attached hydrogen (secondary N) is 1. The first-order chi connectivity index (χ1) is 7.67. The van der Waals surface area contributed by atoms with Gasteiger partial charge in [0.15, 0.2) is 0 Å². The number of pyridine rings is 1. The molecule has 4 nitrogen and oxygen atoms in total. The van der Waals surface area contributed by atoms with Crippen LogP contribution in [0.5, 0.6) is 0 Å². The standard InChI is InChI=1S/C12H20N2O2/c1-4-14-9-11(5-6-12(14)15)13-10(2)7-8-16-3/h5-6,9-10,13H,4,7-8H2,1-3H3. The van der Waals surface area contributed by atoms with E-state index < -0.39 is 0 Å². The van der Waals surface area contributed by atoms with E-state index >= 15 is 0 Å². The van der Waals surface area contributed by atoms with Gasteiger partial charge >= 0.3 is 0 Å². The van der Waals surface area contributed by atoms with E-state index in [1.807, 2.05) is 19.2 Å². The number of nitrogens with zero attached hydrogens (tertiary/aromatic N) is 1. The van der Waals surface area contributed by atoms with Gasteiger partial charge in [-0.05, 0) is 26.3 Å². The highest BCUT2D eigenvalue weighted by atomic mass is 16.5. The van der Waals surface area contributed by atoms with Crippen molar-refractivity contribution in [2.24, 2.45) is 0 Å². The molecule has 0 amide bonds. The van der Waals surface area contributed by atoms with Crippen molar-refractivity contribution in [3.63, 3.8) is 0 Å². The molecule has 0 aromatic carbocycles. The zero-order valence-electron chi connectivity index (χ0n) is 10.2. The highest BCUT2D eigenvalue weighted by Gasteiger charge is 2.02. The normalized spacial score (nSPS) is 12.4. The molecule has 0 aliphatic carbocycles. The van der Waals surface area contributed by atoms with Gasteiger partial charge in [-0.25, -0.2) is 0 Å². The summed E-state index contributed by atoms with van der Waals surface area (Å²) in [5, 5.41) is 3.34. The second kappa shape index (κ2) is 6.33. The van der Waals surface area contributed by atoms with Gasteiger partial charge in [0.25, 0.3) is 5.56 Å². The van der Waals surface area contributed by atoms with Crippen LogP contribution in [0, 0.1) is 0 Å². The molecule has 0 radical (unpaired) electrons. The maximum Gasteiger partial charge on any atom is 0.250 e. The molecule has 1 heterocycles. The Morgan fingerprint density at radius 2 is 2.25 bits per heavy atom. The fourth-order valence-corrected chi connectivity index (χ4v) is 1.52. The van der Waals surface area contributed by atoms with Crippen LogP contribution in [0.4, 0.5) is 5.69 Å². The number of ether oxygens (including phenoxy) is 1. The number of hydrogen-bond acceptors (Lipinski definition) is 3. The van der Waals surface area contributed by atoms with Crippen molar-refractivity contribution in [3.8, 4) is 0 Å². The summed E-state index contributed by atoms with van der Waals surface area (Å²) in [6.45, 7) is 5.49. The highest BCUT2D eigenvalue weighted by Crippen LogP contribution is 2.07. The van der Waals surface area contributed by atoms with E-state index in [0.29, 0.717) is 12.6 Å². The van der Waals surface area contributed by atoms with Gasteiger partial charge in [-0.1, -0.05) is 0 Å². The minimum Gasteiger partial charge on any atom is -0.385 e. The molecule has 90 valence electrons. The van der Waals surface area contributed by atoms with Gasteiger partial charge in [-0.2, -0.15) is 0 Å². The first-order valence-corrected chi connectivity index (χ1v) is 5.63. The molecule has 0 fully saturated rings. The number of rotatable bonds is 6. The van der Waals surface area contributed by atoms with Crippen molar-refractivity contribution in [2.45, 2.75) is 32.9 Å². The fourth-order valence-electron chi connectivity index (χ4n) is 1.52. The zero-order chi connectivity index (χ0) is 12.0. The number of anilines is 1. The summed E-state index contributed by atoms with van der Waals surface area (Å²) in [5.74, 6) is 0. The minimum atomic E-state index is 0.0394. The molecule has 0 saturated heterocycles. The average molecular weight is 224 g/mol. The first kappa shape index (κ1) is 12.8. The topological polar surface area (TPSA) is 43.3 Å². The molecule has 0 aliphatic heterocycles. The van der Waals surface area contributed by atoms with Crippen LogP contribution in [0.25, 0.3) is 0 Å². The van der Waals surface area contributed by atoms with E-state index in [-0.39, 0.29) is 5.56 Å². The Bertz CT molecular complexity index is 374. The summed E-state index contributed by atoms with van der Waals surface area (Å²) >= 11 is 0. The van der Waals surface area contributed by atoms with Crippen molar-refractivity contribution >= 4 is 5.69 Å². The number of aryl methyl sites for hydroxylation is 1. The Morgan fingerprint density at radius 3 is 2.88 bits per heavy atom. The number of hydrogen-bond donors (Lipinski definition) is 1. The Hall–Kier alpha value is -1.29. The van der Waals surface area contributed by atoms with E-state index in [1.54, 1.807) is 17.7 Å². The van der Waals surface area contributed by atoms with Crippen molar-refractivity contribution in [1.82, 2.24) is 4.57 Å². The lowest BCUT2D eigenvalue weighted by Crippen LogP contribution is -2.21. The zero-order valence-corrected chi connectivity index (χ0v) is 10.2.